The van der Waals surface area contributed by atoms with Crippen molar-refractivity contribution in [1.29, 1.82) is 0 Å². The summed E-state index contributed by atoms with van der Waals surface area (Å²) in [7, 11) is -1.01. The molecule has 1 unspecified atom stereocenters. The third-order valence-corrected chi connectivity index (χ3v) is 3.87. The maximum Gasteiger partial charge on any atom is 0.235 e. The second-order valence-corrected chi connectivity index (χ2v) is 5.53. The van der Waals surface area contributed by atoms with Gasteiger partial charge in [-0.1, -0.05) is 6.92 Å². The first kappa shape index (κ1) is 16.6. The van der Waals surface area contributed by atoms with E-state index in [1.165, 1.54) is 0 Å². The first-order chi connectivity index (χ1) is 8.15. The third kappa shape index (κ3) is 8.32. The Labute approximate surface area is 108 Å². The molecule has 1 atom stereocenters. The molecular weight excluding hydrogens is 236 g/mol. The van der Waals surface area contributed by atoms with Crippen LogP contribution in [-0.4, -0.2) is 52.7 Å². The van der Waals surface area contributed by atoms with Gasteiger partial charge in [-0.05, 0) is 39.8 Å². The summed E-state index contributed by atoms with van der Waals surface area (Å²) in [6.45, 7) is 9.30. The van der Waals surface area contributed by atoms with Gasteiger partial charge in [0.2, 0.25) is 5.91 Å². The fourth-order valence-corrected chi connectivity index (χ4v) is 2.61. The summed E-state index contributed by atoms with van der Waals surface area (Å²) in [5, 5.41) is 3.26. The monoisotopic (exact) mass is 262 g/mol. The Hall–Kier alpha value is -0.420. The Morgan fingerprint density at radius 2 is 1.82 bits per heavy atom. The zero-order valence-corrected chi connectivity index (χ0v) is 12.1. The van der Waals surface area contributed by atoms with Gasteiger partial charge in [0.05, 0.1) is 0 Å². The van der Waals surface area contributed by atoms with E-state index >= 15 is 0 Å². The van der Waals surface area contributed by atoms with Crippen molar-refractivity contribution in [3.8, 4) is 0 Å². The van der Waals surface area contributed by atoms with E-state index in [9.17, 15) is 9.00 Å². The highest BCUT2D eigenvalue weighted by atomic mass is 32.2. The van der Waals surface area contributed by atoms with Crippen molar-refractivity contribution >= 4 is 16.7 Å². The molecule has 102 valence electrons. The van der Waals surface area contributed by atoms with Crippen LogP contribution in [-0.2, 0) is 15.6 Å². The van der Waals surface area contributed by atoms with E-state index in [-0.39, 0.29) is 11.7 Å². The standard InChI is InChI=1S/C12H26N2O2S/c1-4-8-13-9-7-10-17(16)11-12(15)14(5-2)6-3/h13H,4-11H2,1-3H3. The topological polar surface area (TPSA) is 49.4 Å². The SMILES string of the molecule is CCCNCCCS(=O)CC(=O)N(CC)CC. The van der Waals surface area contributed by atoms with Gasteiger partial charge in [0.25, 0.3) is 0 Å². The minimum atomic E-state index is -1.01. The summed E-state index contributed by atoms with van der Waals surface area (Å²) >= 11 is 0. The van der Waals surface area contributed by atoms with Gasteiger partial charge >= 0.3 is 0 Å². The zero-order chi connectivity index (χ0) is 13.1. The molecule has 0 spiro atoms. The van der Waals surface area contributed by atoms with Crippen molar-refractivity contribution < 1.29 is 9.00 Å². The van der Waals surface area contributed by atoms with Crippen LogP contribution in [0.4, 0.5) is 0 Å². The molecule has 0 aromatic heterocycles. The van der Waals surface area contributed by atoms with Gasteiger partial charge in [-0.15, -0.1) is 0 Å². The molecule has 0 rings (SSSR count). The van der Waals surface area contributed by atoms with Crippen molar-refractivity contribution in [3.05, 3.63) is 0 Å². The van der Waals surface area contributed by atoms with E-state index < -0.39 is 10.8 Å². The highest BCUT2D eigenvalue weighted by molar-refractivity contribution is 7.85. The molecule has 0 aromatic rings. The van der Waals surface area contributed by atoms with E-state index in [0.29, 0.717) is 18.8 Å². The molecule has 0 aliphatic carbocycles. The van der Waals surface area contributed by atoms with Crippen molar-refractivity contribution in [2.75, 3.05) is 37.7 Å². The van der Waals surface area contributed by atoms with Crippen molar-refractivity contribution in [1.82, 2.24) is 10.2 Å². The molecule has 0 fully saturated rings. The summed E-state index contributed by atoms with van der Waals surface area (Å²) in [6, 6.07) is 0. The maximum atomic E-state index is 11.7. The highest BCUT2D eigenvalue weighted by Crippen LogP contribution is 1.94. The van der Waals surface area contributed by atoms with Gasteiger partial charge in [-0.2, -0.15) is 0 Å². The molecular formula is C12H26N2O2S. The van der Waals surface area contributed by atoms with E-state index in [0.717, 1.165) is 25.9 Å². The van der Waals surface area contributed by atoms with E-state index in [1.807, 2.05) is 13.8 Å². The van der Waals surface area contributed by atoms with Crippen LogP contribution in [0.3, 0.4) is 0 Å². The molecule has 0 bridgehead atoms. The molecule has 17 heavy (non-hydrogen) atoms. The molecule has 1 amide bonds. The molecule has 0 aliphatic rings. The molecule has 1 N–H and O–H groups in total. The molecule has 4 nitrogen and oxygen atoms in total. The third-order valence-electron chi connectivity index (χ3n) is 2.55. The maximum absolute atomic E-state index is 11.7. The molecule has 0 heterocycles. The van der Waals surface area contributed by atoms with Crippen LogP contribution in [0.5, 0.6) is 0 Å². The predicted molar refractivity (Wildman–Crippen MR) is 73.6 cm³/mol. The summed E-state index contributed by atoms with van der Waals surface area (Å²) in [5.74, 6) is 0.800. The van der Waals surface area contributed by atoms with Crippen molar-refractivity contribution in [2.45, 2.75) is 33.6 Å². The molecule has 0 saturated carbocycles. The number of hydrogen-bond donors (Lipinski definition) is 1. The van der Waals surface area contributed by atoms with Crippen LogP contribution in [0, 0.1) is 0 Å². The Bertz CT molecular complexity index is 231. The predicted octanol–water partition coefficient (Wildman–Crippen LogP) is 0.993. The lowest BCUT2D eigenvalue weighted by atomic mass is 10.4. The minimum absolute atomic E-state index is 0.00912. The van der Waals surface area contributed by atoms with Crippen molar-refractivity contribution in [2.24, 2.45) is 0 Å². The lowest BCUT2D eigenvalue weighted by Crippen LogP contribution is -2.34. The van der Waals surface area contributed by atoms with Gasteiger partial charge in [-0.3, -0.25) is 9.00 Å². The van der Waals surface area contributed by atoms with Crippen molar-refractivity contribution in [3.63, 3.8) is 0 Å². The molecule has 5 heteroatoms. The van der Waals surface area contributed by atoms with Crippen LogP contribution in [0.25, 0.3) is 0 Å². The van der Waals surface area contributed by atoms with Gasteiger partial charge < -0.3 is 10.2 Å². The number of carbonyl (C=O) groups is 1. The van der Waals surface area contributed by atoms with Crippen LogP contribution in [0.2, 0.25) is 0 Å². The smallest absolute Gasteiger partial charge is 0.235 e. The highest BCUT2D eigenvalue weighted by Gasteiger charge is 2.12. The van der Waals surface area contributed by atoms with Crippen LogP contribution >= 0.6 is 0 Å². The fraction of sp³-hybridized carbons (Fsp3) is 0.917. The molecule has 0 aromatic carbocycles. The first-order valence-electron chi connectivity index (χ1n) is 6.49. The minimum Gasteiger partial charge on any atom is -0.342 e. The normalized spacial score (nSPS) is 12.4. The van der Waals surface area contributed by atoms with Gasteiger partial charge in [0.15, 0.2) is 0 Å². The van der Waals surface area contributed by atoms with E-state index in [2.05, 4.69) is 12.2 Å². The van der Waals surface area contributed by atoms with Crippen LogP contribution < -0.4 is 5.32 Å². The first-order valence-corrected chi connectivity index (χ1v) is 7.97. The molecule has 0 aliphatic heterocycles. The number of rotatable bonds is 10. The molecule has 0 saturated heterocycles. The number of nitrogens with one attached hydrogen (secondary N) is 1. The number of carbonyl (C=O) groups excluding carboxylic acids is 1. The Balaban J connectivity index is 3.67. The summed E-state index contributed by atoms with van der Waals surface area (Å²) < 4.78 is 11.7. The van der Waals surface area contributed by atoms with Crippen LogP contribution in [0.1, 0.15) is 33.6 Å². The summed E-state index contributed by atoms with van der Waals surface area (Å²) in [6.07, 6.45) is 1.99. The number of amides is 1. The number of hydrogen-bond acceptors (Lipinski definition) is 3. The number of nitrogens with zero attached hydrogens (tertiary/aromatic N) is 1. The van der Waals surface area contributed by atoms with Gasteiger partial charge in [-0.25, -0.2) is 0 Å². The average molecular weight is 262 g/mol. The second kappa shape index (κ2) is 10.7. The fourth-order valence-electron chi connectivity index (χ4n) is 1.54. The Kier molecular flexibility index (Phi) is 10.5. The molecule has 0 radical (unpaired) electrons. The quantitative estimate of drug-likeness (QED) is 0.597. The Morgan fingerprint density at radius 1 is 1.18 bits per heavy atom. The average Bonchev–Trinajstić information content (AvgIpc) is 2.30. The van der Waals surface area contributed by atoms with E-state index in [1.54, 1.807) is 4.90 Å². The van der Waals surface area contributed by atoms with Crippen LogP contribution in [0.15, 0.2) is 0 Å². The largest absolute Gasteiger partial charge is 0.342 e. The lowest BCUT2D eigenvalue weighted by molar-refractivity contribution is -0.128. The van der Waals surface area contributed by atoms with E-state index in [4.69, 9.17) is 0 Å². The summed E-state index contributed by atoms with van der Waals surface area (Å²) in [5.41, 5.74) is 0. The van der Waals surface area contributed by atoms with Gasteiger partial charge in [0.1, 0.15) is 5.75 Å². The summed E-state index contributed by atoms with van der Waals surface area (Å²) in [4.78, 5) is 13.4. The second-order valence-electron chi connectivity index (χ2n) is 3.96. The zero-order valence-electron chi connectivity index (χ0n) is 11.3. The van der Waals surface area contributed by atoms with Gasteiger partial charge in [0, 0.05) is 29.6 Å². The lowest BCUT2D eigenvalue weighted by Gasteiger charge is -2.18. The Morgan fingerprint density at radius 3 is 2.35 bits per heavy atom.